The Balaban J connectivity index is 1.43. The van der Waals surface area contributed by atoms with Gasteiger partial charge in [0.1, 0.15) is 11.3 Å². The van der Waals surface area contributed by atoms with Gasteiger partial charge in [0, 0.05) is 30.3 Å². The number of rotatable bonds is 6. The molecular weight excluding hydrogens is 415 g/mol. The maximum atomic E-state index is 12.9. The van der Waals surface area contributed by atoms with Crippen molar-refractivity contribution in [3.63, 3.8) is 0 Å². The highest BCUT2D eigenvalue weighted by Gasteiger charge is 2.15. The number of non-ortho nitro benzene ring substituents is 1. The van der Waals surface area contributed by atoms with Gasteiger partial charge in [-0.15, -0.1) is 0 Å². The number of carbonyl (C=O) groups is 1. The van der Waals surface area contributed by atoms with Crippen LogP contribution in [-0.4, -0.2) is 25.8 Å². The first kappa shape index (κ1) is 20.7. The predicted octanol–water partition coefficient (Wildman–Crippen LogP) is 4.32. The highest BCUT2D eigenvalue weighted by molar-refractivity contribution is 5.91. The first-order valence-electron chi connectivity index (χ1n) is 9.57. The van der Waals surface area contributed by atoms with Crippen molar-refractivity contribution in [2.45, 2.75) is 6.54 Å². The van der Waals surface area contributed by atoms with E-state index in [2.05, 4.69) is 10.3 Å². The van der Waals surface area contributed by atoms with E-state index in [9.17, 15) is 24.5 Å². The average Bonchev–Trinajstić information content (AvgIpc) is 3.13. The van der Waals surface area contributed by atoms with Gasteiger partial charge in [0.25, 0.3) is 5.69 Å². The van der Waals surface area contributed by atoms with Gasteiger partial charge in [-0.2, -0.15) is 4.73 Å². The van der Waals surface area contributed by atoms with Crippen LogP contribution in [0.1, 0.15) is 11.1 Å². The first-order valence-corrected chi connectivity index (χ1v) is 9.57. The third-order valence-corrected chi connectivity index (χ3v) is 4.80. The lowest BCUT2D eigenvalue weighted by Crippen LogP contribution is -2.20. The van der Waals surface area contributed by atoms with Crippen LogP contribution in [0.2, 0.25) is 0 Å². The molecule has 0 saturated carbocycles. The fraction of sp³-hybridized carbons (Fsp3) is 0.0435. The average molecular weight is 432 g/mol. The second-order valence-corrected chi connectivity index (χ2v) is 6.98. The maximum absolute atomic E-state index is 12.9. The summed E-state index contributed by atoms with van der Waals surface area (Å²) in [5.74, 6) is -0.386. The van der Waals surface area contributed by atoms with Gasteiger partial charge in [-0.05, 0) is 35.4 Å². The summed E-state index contributed by atoms with van der Waals surface area (Å²) in [5, 5.41) is 24.1. The molecule has 4 aromatic rings. The fourth-order valence-electron chi connectivity index (χ4n) is 3.12. The lowest BCUT2D eigenvalue weighted by atomic mass is 10.1. The van der Waals surface area contributed by atoms with Crippen LogP contribution in [0.25, 0.3) is 28.5 Å². The van der Waals surface area contributed by atoms with E-state index in [0.717, 1.165) is 10.3 Å². The van der Waals surface area contributed by atoms with Crippen LogP contribution in [0.15, 0.2) is 72.8 Å². The van der Waals surface area contributed by atoms with Gasteiger partial charge in [0.2, 0.25) is 5.91 Å². The highest BCUT2D eigenvalue weighted by atomic mass is 19.1. The van der Waals surface area contributed by atoms with E-state index in [4.69, 9.17) is 0 Å². The Morgan fingerprint density at radius 3 is 2.53 bits per heavy atom. The normalized spacial score (nSPS) is 11.2. The molecule has 160 valence electrons. The van der Waals surface area contributed by atoms with E-state index in [1.807, 2.05) is 0 Å². The third-order valence-electron chi connectivity index (χ3n) is 4.80. The number of nitro groups is 1. The first-order chi connectivity index (χ1) is 15.4. The number of imidazole rings is 1. The Kier molecular flexibility index (Phi) is 5.63. The maximum Gasteiger partial charge on any atom is 0.271 e. The number of nitro benzene ring substituents is 1. The third kappa shape index (κ3) is 4.46. The predicted molar refractivity (Wildman–Crippen MR) is 116 cm³/mol. The van der Waals surface area contributed by atoms with Crippen LogP contribution >= 0.6 is 0 Å². The van der Waals surface area contributed by atoms with Gasteiger partial charge in [-0.1, -0.05) is 36.4 Å². The minimum atomic E-state index is -0.538. The quantitative estimate of drug-likeness (QED) is 0.204. The summed E-state index contributed by atoms with van der Waals surface area (Å²) in [5.41, 5.74) is 2.67. The molecule has 32 heavy (non-hydrogen) atoms. The zero-order chi connectivity index (χ0) is 22.7. The largest absolute Gasteiger partial charge is 0.426 e. The zero-order valence-electron chi connectivity index (χ0n) is 16.6. The van der Waals surface area contributed by atoms with Crippen molar-refractivity contribution in [1.29, 1.82) is 0 Å². The second kappa shape index (κ2) is 8.68. The molecular formula is C23H17FN4O4. The van der Waals surface area contributed by atoms with Crippen molar-refractivity contribution in [2.24, 2.45) is 0 Å². The Labute approximate surface area is 181 Å². The van der Waals surface area contributed by atoms with E-state index >= 15 is 0 Å². The van der Waals surface area contributed by atoms with Crippen molar-refractivity contribution in [1.82, 2.24) is 15.0 Å². The summed E-state index contributed by atoms with van der Waals surface area (Å²) < 4.78 is 13.7. The molecule has 9 heteroatoms. The number of carbonyl (C=O) groups excluding carboxylic acids is 1. The molecule has 0 aliphatic carbocycles. The van der Waals surface area contributed by atoms with Crippen LogP contribution in [0.4, 0.5) is 10.1 Å². The molecule has 1 aromatic heterocycles. The summed E-state index contributed by atoms with van der Waals surface area (Å²) in [6.07, 6.45) is 2.96. The molecule has 0 aliphatic rings. The van der Waals surface area contributed by atoms with Crippen LogP contribution in [0.3, 0.4) is 0 Å². The molecule has 4 rings (SSSR count). The van der Waals surface area contributed by atoms with E-state index in [1.54, 1.807) is 42.5 Å². The molecule has 0 saturated heterocycles. The van der Waals surface area contributed by atoms with Gasteiger partial charge >= 0.3 is 0 Å². The number of amides is 1. The molecule has 0 radical (unpaired) electrons. The molecule has 1 amide bonds. The Morgan fingerprint density at radius 2 is 1.84 bits per heavy atom. The number of aromatic nitrogens is 2. The highest BCUT2D eigenvalue weighted by Crippen LogP contribution is 2.26. The van der Waals surface area contributed by atoms with Gasteiger partial charge in [0.15, 0.2) is 5.82 Å². The van der Waals surface area contributed by atoms with Gasteiger partial charge in [-0.3, -0.25) is 14.9 Å². The van der Waals surface area contributed by atoms with Crippen molar-refractivity contribution in [3.8, 4) is 11.4 Å². The standard InChI is InChI=1S/C23H17FN4O4/c24-18-8-3-15(4-9-18)5-12-22(29)25-14-16-1-6-17(7-2-16)23-26-20-11-10-19(28(31)32)13-21(20)27(23)30/h1-13,30H,14H2,(H,25,29). The molecule has 0 spiro atoms. The molecule has 1 heterocycles. The number of nitrogens with zero attached hydrogens (tertiary/aromatic N) is 3. The number of hydrogen-bond acceptors (Lipinski definition) is 5. The lowest BCUT2D eigenvalue weighted by Gasteiger charge is -2.05. The SMILES string of the molecule is O=C(C=Cc1ccc(F)cc1)NCc1ccc(-c2nc3ccc([N+](=O)[O-])cc3n2O)cc1. The number of nitrogens with one attached hydrogen (secondary N) is 1. The summed E-state index contributed by atoms with van der Waals surface area (Å²) >= 11 is 0. The Hall–Kier alpha value is -4.53. The van der Waals surface area contributed by atoms with E-state index < -0.39 is 4.92 Å². The van der Waals surface area contributed by atoms with E-state index in [0.29, 0.717) is 16.6 Å². The molecule has 8 nitrogen and oxygen atoms in total. The molecule has 3 aromatic carbocycles. The topological polar surface area (TPSA) is 110 Å². The molecule has 0 bridgehead atoms. The minimum absolute atomic E-state index is 0.140. The van der Waals surface area contributed by atoms with Gasteiger partial charge < -0.3 is 10.5 Å². The van der Waals surface area contributed by atoms with Gasteiger partial charge in [-0.25, -0.2) is 9.37 Å². The summed E-state index contributed by atoms with van der Waals surface area (Å²) in [6.45, 7) is 0.286. The minimum Gasteiger partial charge on any atom is -0.426 e. The van der Waals surface area contributed by atoms with Crippen molar-refractivity contribution < 1.29 is 19.3 Å². The van der Waals surface area contributed by atoms with Crippen molar-refractivity contribution in [3.05, 3.63) is 99.9 Å². The smallest absolute Gasteiger partial charge is 0.271 e. The molecule has 2 N–H and O–H groups in total. The van der Waals surface area contributed by atoms with Crippen LogP contribution < -0.4 is 5.32 Å². The molecule has 0 unspecified atom stereocenters. The second-order valence-electron chi connectivity index (χ2n) is 6.98. The Morgan fingerprint density at radius 1 is 1.12 bits per heavy atom. The van der Waals surface area contributed by atoms with Crippen LogP contribution in [0, 0.1) is 15.9 Å². The van der Waals surface area contributed by atoms with E-state index in [-0.39, 0.29) is 35.3 Å². The summed E-state index contributed by atoms with van der Waals surface area (Å²) in [4.78, 5) is 26.7. The number of benzene rings is 3. The monoisotopic (exact) mass is 432 g/mol. The molecule has 0 aliphatic heterocycles. The fourth-order valence-corrected chi connectivity index (χ4v) is 3.12. The number of hydrogen-bond donors (Lipinski definition) is 2. The molecule has 0 fully saturated rings. The number of halogens is 1. The number of fused-ring (bicyclic) bond motifs is 1. The van der Waals surface area contributed by atoms with Gasteiger partial charge in [0.05, 0.1) is 10.4 Å². The van der Waals surface area contributed by atoms with E-state index in [1.165, 1.54) is 36.4 Å². The summed E-state index contributed by atoms with van der Waals surface area (Å²) in [7, 11) is 0. The van der Waals surface area contributed by atoms with Crippen LogP contribution in [-0.2, 0) is 11.3 Å². The van der Waals surface area contributed by atoms with Crippen molar-refractivity contribution >= 4 is 28.7 Å². The zero-order valence-corrected chi connectivity index (χ0v) is 16.6. The van der Waals surface area contributed by atoms with Crippen LogP contribution in [0.5, 0.6) is 0 Å². The lowest BCUT2D eigenvalue weighted by molar-refractivity contribution is -0.384. The van der Waals surface area contributed by atoms with Crippen molar-refractivity contribution in [2.75, 3.05) is 0 Å². The summed E-state index contributed by atoms with van der Waals surface area (Å²) in [6, 6.07) is 16.9. The molecule has 0 atom stereocenters. The Bertz CT molecular complexity index is 1330.